The third-order valence-corrected chi connectivity index (χ3v) is 2.43. The zero-order chi connectivity index (χ0) is 9.14. The van der Waals surface area contributed by atoms with Gasteiger partial charge in [0.15, 0.2) is 0 Å². The molecule has 0 aromatic rings. The van der Waals surface area contributed by atoms with Crippen molar-refractivity contribution in [2.24, 2.45) is 17.8 Å². The molecule has 68 valence electrons. The van der Waals surface area contributed by atoms with Crippen molar-refractivity contribution in [2.45, 2.75) is 20.3 Å². The molecule has 0 aliphatic heterocycles. The Balaban J connectivity index is 2.27. The third kappa shape index (κ3) is 2.36. The molecule has 0 bridgehead atoms. The number of esters is 1. The third-order valence-electron chi connectivity index (χ3n) is 2.43. The number of ether oxygens (including phenoxy) is 1. The molecule has 0 aromatic heterocycles. The maximum Gasteiger partial charge on any atom is 0.330 e. The lowest BCUT2D eigenvalue weighted by atomic mass is 10.1. The summed E-state index contributed by atoms with van der Waals surface area (Å²) < 4.78 is 4.50. The summed E-state index contributed by atoms with van der Waals surface area (Å²) in [6.45, 7) is 4.44. The monoisotopic (exact) mass is 168 g/mol. The van der Waals surface area contributed by atoms with E-state index in [1.807, 2.05) is 6.08 Å². The van der Waals surface area contributed by atoms with Gasteiger partial charge in [0, 0.05) is 6.08 Å². The van der Waals surface area contributed by atoms with E-state index in [4.69, 9.17) is 0 Å². The van der Waals surface area contributed by atoms with Crippen LogP contribution in [0.5, 0.6) is 0 Å². The van der Waals surface area contributed by atoms with E-state index in [2.05, 4.69) is 18.6 Å². The molecule has 0 N–H and O–H groups in total. The van der Waals surface area contributed by atoms with Crippen LogP contribution >= 0.6 is 0 Å². The summed E-state index contributed by atoms with van der Waals surface area (Å²) in [4.78, 5) is 10.7. The average molecular weight is 168 g/mol. The van der Waals surface area contributed by atoms with Crippen LogP contribution in [0.25, 0.3) is 0 Å². The van der Waals surface area contributed by atoms with Gasteiger partial charge in [-0.2, -0.15) is 0 Å². The van der Waals surface area contributed by atoms with Crippen LogP contribution in [-0.2, 0) is 9.53 Å². The van der Waals surface area contributed by atoms with Crippen LogP contribution < -0.4 is 0 Å². The lowest BCUT2D eigenvalue weighted by Crippen LogP contribution is -1.95. The van der Waals surface area contributed by atoms with Crippen LogP contribution in [0.3, 0.4) is 0 Å². The van der Waals surface area contributed by atoms with Gasteiger partial charge in [0.2, 0.25) is 0 Å². The molecule has 1 rings (SSSR count). The van der Waals surface area contributed by atoms with Crippen LogP contribution in [0.4, 0.5) is 0 Å². The minimum Gasteiger partial charge on any atom is -0.466 e. The molecule has 1 saturated carbocycles. The Morgan fingerprint density at radius 2 is 2.25 bits per heavy atom. The van der Waals surface area contributed by atoms with E-state index in [0.717, 1.165) is 11.8 Å². The summed E-state index contributed by atoms with van der Waals surface area (Å²) >= 11 is 0. The van der Waals surface area contributed by atoms with Gasteiger partial charge in [-0.05, 0) is 24.2 Å². The van der Waals surface area contributed by atoms with Gasteiger partial charge in [-0.1, -0.05) is 19.9 Å². The smallest absolute Gasteiger partial charge is 0.330 e. The normalized spacial score (nSPS) is 28.0. The fourth-order valence-corrected chi connectivity index (χ4v) is 1.49. The van der Waals surface area contributed by atoms with Crippen molar-refractivity contribution in [1.82, 2.24) is 0 Å². The van der Waals surface area contributed by atoms with Crippen molar-refractivity contribution >= 4 is 5.97 Å². The fraction of sp³-hybridized carbons (Fsp3) is 0.700. The molecule has 2 heteroatoms. The summed E-state index contributed by atoms with van der Waals surface area (Å²) in [5, 5.41) is 0. The second-order valence-electron chi connectivity index (χ2n) is 3.69. The first-order valence-corrected chi connectivity index (χ1v) is 4.41. The molecule has 1 aliphatic carbocycles. The largest absolute Gasteiger partial charge is 0.466 e. The number of hydrogen-bond donors (Lipinski definition) is 0. The summed E-state index contributed by atoms with van der Waals surface area (Å²) in [5.74, 6) is 1.89. The molecule has 0 spiro atoms. The molecule has 0 saturated heterocycles. The van der Waals surface area contributed by atoms with Crippen LogP contribution in [0.15, 0.2) is 12.2 Å². The molecule has 0 heterocycles. The maximum atomic E-state index is 10.7. The Labute approximate surface area is 73.6 Å². The minimum absolute atomic E-state index is 0.246. The standard InChI is InChI=1S/C10H16O2/c1-7(2)9-6-8(9)4-5-10(11)12-3/h4-5,7-9H,6H2,1-3H3/b5-4+/t8-,9+/m0/s1. The van der Waals surface area contributed by atoms with E-state index >= 15 is 0 Å². The van der Waals surface area contributed by atoms with Gasteiger partial charge in [-0.3, -0.25) is 0 Å². The number of carbonyl (C=O) groups is 1. The summed E-state index contributed by atoms with van der Waals surface area (Å²) in [6.07, 6.45) is 4.73. The molecule has 0 unspecified atom stereocenters. The Morgan fingerprint density at radius 1 is 1.58 bits per heavy atom. The van der Waals surface area contributed by atoms with Gasteiger partial charge < -0.3 is 4.74 Å². The van der Waals surface area contributed by atoms with Crippen molar-refractivity contribution in [1.29, 1.82) is 0 Å². The van der Waals surface area contributed by atoms with E-state index in [-0.39, 0.29) is 5.97 Å². The average Bonchev–Trinajstić information content (AvgIpc) is 2.79. The first kappa shape index (κ1) is 9.30. The Morgan fingerprint density at radius 3 is 2.67 bits per heavy atom. The molecule has 1 aliphatic rings. The second kappa shape index (κ2) is 3.74. The molecule has 0 radical (unpaired) electrons. The van der Waals surface area contributed by atoms with Gasteiger partial charge in [0.1, 0.15) is 0 Å². The van der Waals surface area contributed by atoms with Gasteiger partial charge >= 0.3 is 5.97 Å². The fourth-order valence-electron chi connectivity index (χ4n) is 1.49. The van der Waals surface area contributed by atoms with Crippen molar-refractivity contribution in [3.05, 3.63) is 12.2 Å². The number of methoxy groups -OCH3 is 1. The quantitative estimate of drug-likeness (QED) is 0.476. The molecule has 2 atom stereocenters. The first-order valence-electron chi connectivity index (χ1n) is 4.41. The molecular formula is C10H16O2. The predicted molar refractivity (Wildman–Crippen MR) is 47.6 cm³/mol. The van der Waals surface area contributed by atoms with Gasteiger partial charge in [-0.25, -0.2) is 4.79 Å². The molecule has 0 amide bonds. The van der Waals surface area contributed by atoms with Crippen LogP contribution in [0.2, 0.25) is 0 Å². The highest BCUT2D eigenvalue weighted by Gasteiger charge is 2.36. The van der Waals surface area contributed by atoms with Crippen LogP contribution in [-0.4, -0.2) is 13.1 Å². The zero-order valence-corrected chi connectivity index (χ0v) is 7.91. The maximum absolute atomic E-state index is 10.7. The van der Waals surface area contributed by atoms with E-state index in [0.29, 0.717) is 5.92 Å². The number of hydrogen-bond acceptors (Lipinski definition) is 2. The Hall–Kier alpha value is -0.790. The van der Waals surface area contributed by atoms with Crippen molar-refractivity contribution < 1.29 is 9.53 Å². The SMILES string of the molecule is COC(=O)/C=C/[C@H]1C[C@@H]1C(C)C. The van der Waals surface area contributed by atoms with Crippen molar-refractivity contribution in [3.8, 4) is 0 Å². The van der Waals surface area contributed by atoms with E-state index in [1.54, 1.807) is 0 Å². The van der Waals surface area contributed by atoms with Gasteiger partial charge in [0.25, 0.3) is 0 Å². The first-order chi connectivity index (χ1) is 5.65. The molecule has 0 aromatic carbocycles. The van der Waals surface area contributed by atoms with Crippen molar-refractivity contribution in [3.63, 3.8) is 0 Å². The highest BCUT2D eigenvalue weighted by molar-refractivity contribution is 5.81. The van der Waals surface area contributed by atoms with Gasteiger partial charge in [0.05, 0.1) is 7.11 Å². The number of carbonyl (C=O) groups excluding carboxylic acids is 1. The minimum atomic E-state index is -0.246. The second-order valence-corrected chi connectivity index (χ2v) is 3.69. The number of rotatable bonds is 3. The summed E-state index contributed by atoms with van der Waals surface area (Å²) in [6, 6.07) is 0. The Bertz CT molecular complexity index is 194. The zero-order valence-electron chi connectivity index (χ0n) is 7.91. The highest BCUT2D eigenvalue weighted by atomic mass is 16.5. The molecule has 2 nitrogen and oxygen atoms in total. The van der Waals surface area contributed by atoms with E-state index < -0.39 is 0 Å². The Kier molecular flexibility index (Phi) is 2.90. The topological polar surface area (TPSA) is 26.3 Å². The number of allylic oxidation sites excluding steroid dienone is 1. The summed E-state index contributed by atoms with van der Waals surface area (Å²) in [7, 11) is 1.40. The van der Waals surface area contributed by atoms with E-state index in [9.17, 15) is 4.79 Å². The van der Waals surface area contributed by atoms with Crippen molar-refractivity contribution in [2.75, 3.05) is 7.11 Å². The lowest BCUT2D eigenvalue weighted by Gasteiger charge is -1.98. The molecule has 1 fully saturated rings. The van der Waals surface area contributed by atoms with Crippen LogP contribution in [0, 0.1) is 17.8 Å². The summed E-state index contributed by atoms with van der Waals surface area (Å²) in [5.41, 5.74) is 0. The molecule has 12 heavy (non-hydrogen) atoms. The van der Waals surface area contributed by atoms with Gasteiger partial charge in [-0.15, -0.1) is 0 Å². The molecular weight excluding hydrogens is 152 g/mol. The predicted octanol–water partition coefficient (Wildman–Crippen LogP) is 2.01. The van der Waals surface area contributed by atoms with Crippen LogP contribution in [0.1, 0.15) is 20.3 Å². The lowest BCUT2D eigenvalue weighted by molar-refractivity contribution is -0.134. The van der Waals surface area contributed by atoms with E-state index in [1.165, 1.54) is 19.6 Å². The highest BCUT2D eigenvalue weighted by Crippen LogP contribution is 2.44.